The van der Waals surface area contributed by atoms with Crippen LogP contribution in [-0.4, -0.2) is 83.6 Å². The van der Waals surface area contributed by atoms with Crippen molar-refractivity contribution in [1.29, 1.82) is 0 Å². The standard InChI is InChI=1S/C34H34N4O4/c1-34(2,36(3)20-21-38-32(41)26-14-6-10-23-11-7-15-27(29(23)26)33(38)42)16-17-35-18-19-37-30(39)24-12-4-8-22-9-5-13-25(28(22)24)31(37)40/h4-15,35H,16-21H2,1-3H3. The molecule has 0 atom stereocenters. The summed E-state index contributed by atoms with van der Waals surface area (Å²) in [7, 11) is 2.00. The van der Waals surface area contributed by atoms with Crippen LogP contribution in [0.25, 0.3) is 21.5 Å². The highest BCUT2D eigenvalue weighted by Crippen LogP contribution is 2.31. The first kappa shape index (κ1) is 27.8. The number of nitrogens with zero attached hydrogens (tertiary/aromatic N) is 3. The van der Waals surface area contributed by atoms with Crippen molar-refractivity contribution < 1.29 is 19.2 Å². The van der Waals surface area contributed by atoms with Crippen LogP contribution in [0.1, 0.15) is 61.7 Å². The Morgan fingerprint density at radius 1 is 0.619 bits per heavy atom. The molecule has 4 aromatic rings. The molecule has 0 saturated carbocycles. The van der Waals surface area contributed by atoms with Crippen molar-refractivity contribution in [3.8, 4) is 0 Å². The maximum absolute atomic E-state index is 13.2. The van der Waals surface area contributed by atoms with Crippen LogP contribution < -0.4 is 5.32 Å². The Kier molecular flexibility index (Phi) is 7.12. The highest BCUT2D eigenvalue weighted by Gasteiger charge is 2.34. The Balaban J connectivity index is 1.01. The van der Waals surface area contributed by atoms with Crippen molar-refractivity contribution in [3.63, 3.8) is 0 Å². The molecule has 0 spiro atoms. The van der Waals surface area contributed by atoms with Crippen LogP contribution in [0.4, 0.5) is 0 Å². The molecule has 6 rings (SSSR count). The van der Waals surface area contributed by atoms with E-state index in [0.717, 1.165) is 28.0 Å². The monoisotopic (exact) mass is 562 g/mol. The normalized spacial score (nSPS) is 15.0. The Hall–Kier alpha value is -4.40. The van der Waals surface area contributed by atoms with E-state index in [0.29, 0.717) is 48.4 Å². The van der Waals surface area contributed by atoms with E-state index in [-0.39, 0.29) is 35.7 Å². The van der Waals surface area contributed by atoms with Gasteiger partial charge in [-0.1, -0.05) is 48.5 Å². The minimum absolute atomic E-state index is 0.224. The second-order valence-electron chi connectivity index (χ2n) is 11.7. The van der Waals surface area contributed by atoms with Gasteiger partial charge >= 0.3 is 0 Å². The minimum atomic E-state index is -0.258. The Labute approximate surface area is 244 Å². The summed E-state index contributed by atoms with van der Waals surface area (Å²) in [6.07, 6.45) is 0.789. The number of rotatable bonds is 10. The molecule has 214 valence electrons. The van der Waals surface area contributed by atoms with Gasteiger partial charge in [-0.25, -0.2) is 0 Å². The van der Waals surface area contributed by atoms with Gasteiger partial charge in [0.1, 0.15) is 0 Å². The second-order valence-corrected chi connectivity index (χ2v) is 11.7. The van der Waals surface area contributed by atoms with Crippen molar-refractivity contribution in [2.75, 3.05) is 39.8 Å². The summed E-state index contributed by atoms with van der Waals surface area (Å²) in [5.74, 6) is -1.02. The van der Waals surface area contributed by atoms with Crippen LogP contribution in [0.2, 0.25) is 0 Å². The SMILES string of the molecule is CN(CCN1C(=O)c2cccc3cccc(c23)C1=O)C(C)(C)CCNCCN1C(=O)c2cccc3cccc(c23)C1=O. The van der Waals surface area contributed by atoms with Gasteiger partial charge in [0.25, 0.3) is 23.6 Å². The molecule has 0 unspecified atom stereocenters. The quantitative estimate of drug-likeness (QED) is 0.225. The van der Waals surface area contributed by atoms with Gasteiger partial charge in [-0.3, -0.25) is 33.9 Å². The average Bonchev–Trinajstić information content (AvgIpc) is 2.99. The maximum Gasteiger partial charge on any atom is 0.261 e. The van der Waals surface area contributed by atoms with Gasteiger partial charge in [0.05, 0.1) is 0 Å². The molecule has 0 saturated heterocycles. The van der Waals surface area contributed by atoms with E-state index < -0.39 is 0 Å². The van der Waals surface area contributed by atoms with E-state index in [1.54, 1.807) is 24.3 Å². The molecular formula is C34H34N4O4. The van der Waals surface area contributed by atoms with E-state index in [4.69, 9.17) is 0 Å². The summed E-state index contributed by atoms with van der Waals surface area (Å²) >= 11 is 0. The average molecular weight is 563 g/mol. The zero-order chi connectivity index (χ0) is 29.6. The van der Waals surface area contributed by atoms with E-state index in [1.807, 2.05) is 55.6 Å². The van der Waals surface area contributed by atoms with E-state index in [9.17, 15) is 19.2 Å². The van der Waals surface area contributed by atoms with Crippen LogP contribution in [0.3, 0.4) is 0 Å². The van der Waals surface area contributed by atoms with Gasteiger partial charge in [0.15, 0.2) is 0 Å². The molecule has 0 aromatic heterocycles. The van der Waals surface area contributed by atoms with E-state index in [2.05, 4.69) is 24.1 Å². The number of hydrogen-bond acceptors (Lipinski definition) is 6. The van der Waals surface area contributed by atoms with Gasteiger partial charge in [-0.15, -0.1) is 0 Å². The first-order valence-electron chi connectivity index (χ1n) is 14.4. The molecule has 0 fully saturated rings. The van der Waals surface area contributed by atoms with Crippen molar-refractivity contribution in [3.05, 3.63) is 95.1 Å². The zero-order valence-electron chi connectivity index (χ0n) is 24.1. The fraction of sp³-hybridized carbons (Fsp3) is 0.294. The first-order chi connectivity index (χ1) is 20.2. The van der Waals surface area contributed by atoms with Crippen molar-refractivity contribution >= 4 is 45.2 Å². The number of imide groups is 2. The van der Waals surface area contributed by atoms with Gasteiger partial charge in [-0.05, 0) is 68.9 Å². The number of carbonyl (C=O) groups excluding carboxylic acids is 4. The molecule has 0 radical (unpaired) electrons. The topological polar surface area (TPSA) is 90.0 Å². The summed E-state index contributed by atoms with van der Waals surface area (Å²) in [6.45, 7) is 6.52. The van der Waals surface area contributed by atoms with Crippen LogP contribution in [-0.2, 0) is 0 Å². The Bertz CT molecular complexity index is 1660. The van der Waals surface area contributed by atoms with Gasteiger partial charge in [0.2, 0.25) is 0 Å². The summed E-state index contributed by atoms with van der Waals surface area (Å²) in [5.41, 5.74) is 2.05. The number of likely N-dealkylation sites (N-methyl/N-ethyl adjacent to an activating group) is 1. The molecule has 2 heterocycles. The number of carbonyl (C=O) groups is 4. The molecule has 2 aliphatic rings. The highest BCUT2D eigenvalue weighted by atomic mass is 16.2. The van der Waals surface area contributed by atoms with Gasteiger partial charge < -0.3 is 5.32 Å². The fourth-order valence-corrected chi connectivity index (χ4v) is 6.02. The Morgan fingerprint density at radius 2 is 1.02 bits per heavy atom. The van der Waals surface area contributed by atoms with Gasteiger partial charge in [-0.2, -0.15) is 0 Å². The molecular weight excluding hydrogens is 528 g/mol. The lowest BCUT2D eigenvalue weighted by atomic mass is 9.94. The predicted molar refractivity (Wildman–Crippen MR) is 163 cm³/mol. The fourth-order valence-electron chi connectivity index (χ4n) is 6.02. The van der Waals surface area contributed by atoms with Crippen molar-refractivity contribution in [1.82, 2.24) is 20.0 Å². The number of nitrogens with one attached hydrogen (secondary N) is 1. The first-order valence-corrected chi connectivity index (χ1v) is 14.4. The largest absolute Gasteiger partial charge is 0.315 e. The lowest BCUT2D eigenvalue weighted by molar-refractivity contribution is 0.0562. The van der Waals surface area contributed by atoms with Crippen molar-refractivity contribution in [2.24, 2.45) is 0 Å². The molecule has 42 heavy (non-hydrogen) atoms. The molecule has 0 aliphatic carbocycles. The van der Waals surface area contributed by atoms with E-state index >= 15 is 0 Å². The maximum atomic E-state index is 13.2. The molecule has 1 N–H and O–H groups in total. The van der Waals surface area contributed by atoms with Crippen LogP contribution in [0.5, 0.6) is 0 Å². The molecule has 2 aliphatic heterocycles. The number of hydrogen-bond donors (Lipinski definition) is 1. The third kappa shape index (κ3) is 4.66. The van der Waals surface area contributed by atoms with Crippen molar-refractivity contribution in [2.45, 2.75) is 25.8 Å². The van der Waals surface area contributed by atoms with Crippen LogP contribution in [0, 0.1) is 0 Å². The summed E-state index contributed by atoms with van der Waals surface area (Å²) in [4.78, 5) is 57.6. The molecule has 8 nitrogen and oxygen atoms in total. The lowest BCUT2D eigenvalue weighted by Crippen LogP contribution is -2.49. The number of benzene rings is 4. The molecule has 4 aromatic carbocycles. The predicted octanol–water partition coefficient (Wildman–Crippen LogP) is 4.58. The molecule has 4 amide bonds. The zero-order valence-corrected chi connectivity index (χ0v) is 24.1. The third-order valence-electron chi connectivity index (χ3n) is 8.83. The Morgan fingerprint density at radius 3 is 1.45 bits per heavy atom. The third-order valence-corrected chi connectivity index (χ3v) is 8.83. The highest BCUT2D eigenvalue weighted by molar-refractivity contribution is 6.26. The molecule has 8 heteroatoms. The minimum Gasteiger partial charge on any atom is -0.315 e. The van der Waals surface area contributed by atoms with E-state index in [1.165, 1.54) is 9.80 Å². The number of amides is 4. The summed E-state index contributed by atoms with van der Waals surface area (Å²) < 4.78 is 0. The van der Waals surface area contributed by atoms with Crippen LogP contribution >= 0.6 is 0 Å². The lowest BCUT2D eigenvalue weighted by Gasteiger charge is -2.37. The summed E-state index contributed by atoms with van der Waals surface area (Å²) in [5, 5.41) is 6.65. The molecule has 0 bridgehead atoms. The van der Waals surface area contributed by atoms with Crippen LogP contribution in [0.15, 0.2) is 72.8 Å². The van der Waals surface area contributed by atoms with Gasteiger partial charge in [0, 0.05) is 64.7 Å². The second kappa shape index (κ2) is 10.8. The summed E-state index contributed by atoms with van der Waals surface area (Å²) in [6, 6.07) is 22.2. The smallest absolute Gasteiger partial charge is 0.261 e.